The third kappa shape index (κ3) is 5.27. The number of amides is 1. The predicted molar refractivity (Wildman–Crippen MR) is 108 cm³/mol. The molecule has 1 amide bonds. The zero-order valence-corrected chi connectivity index (χ0v) is 17.8. The van der Waals surface area contributed by atoms with Gasteiger partial charge >= 0.3 is 0 Å². The van der Waals surface area contributed by atoms with Crippen molar-refractivity contribution in [2.24, 2.45) is 0 Å². The standard InChI is InChI=1S/C19H17BrFN3O4S/c1-29(26,27)16-5-4-13(8-15(16)20)18-17(24-11-28-18)19(25)23-6-2-3-12-7-14(21)10-22-9-12/h4-5,7-11H,2-3,6H2,1H3,(H,23,25). The average Bonchev–Trinajstić information content (AvgIpc) is 3.14. The summed E-state index contributed by atoms with van der Waals surface area (Å²) >= 11 is 3.24. The van der Waals surface area contributed by atoms with E-state index in [2.05, 4.69) is 31.2 Å². The number of hydrogen-bond donors (Lipinski definition) is 1. The van der Waals surface area contributed by atoms with E-state index in [0.29, 0.717) is 29.4 Å². The van der Waals surface area contributed by atoms with Crippen LogP contribution >= 0.6 is 15.9 Å². The third-order valence-electron chi connectivity index (χ3n) is 4.07. The van der Waals surface area contributed by atoms with Crippen molar-refractivity contribution in [3.63, 3.8) is 0 Å². The highest BCUT2D eigenvalue weighted by Crippen LogP contribution is 2.30. The maximum atomic E-state index is 13.1. The van der Waals surface area contributed by atoms with E-state index in [1.165, 1.54) is 12.1 Å². The van der Waals surface area contributed by atoms with Crippen LogP contribution in [0.3, 0.4) is 0 Å². The highest BCUT2D eigenvalue weighted by Gasteiger charge is 2.20. The zero-order valence-electron chi connectivity index (χ0n) is 15.4. The summed E-state index contributed by atoms with van der Waals surface area (Å²) in [6, 6.07) is 5.95. The molecule has 1 N–H and O–H groups in total. The van der Waals surface area contributed by atoms with Gasteiger partial charge in [-0.3, -0.25) is 9.78 Å². The van der Waals surface area contributed by atoms with Crippen LogP contribution in [0.5, 0.6) is 0 Å². The van der Waals surface area contributed by atoms with E-state index in [1.54, 1.807) is 18.3 Å². The summed E-state index contributed by atoms with van der Waals surface area (Å²) < 4.78 is 42.3. The quantitative estimate of drug-likeness (QED) is 0.518. The molecule has 29 heavy (non-hydrogen) atoms. The van der Waals surface area contributed by atoms with Crippen LogP contribution in [-0.2, 0) is 16.3 Å². The molecular formula is C19H17BrFN3O4S. The van der Waals surface area contributed by atoms with Gasteiger partial charge in [0, 0.05) is 29.0 Å². The molecule has 0 bridgehead atoms. The van der Waals surface area contributed by atoms with Gasteiger partial charge in [-0.25, -0.2) is 17.8 Å². The van der Waals surface area contributed by atoms with Crippen molar-refractivity contribution in [1.29, 1.82) is 0 Å². The van der Waals surface area contributed by atoms with Gasteiger partial charge in [0.15, 0.2) is 27.7 Å². The lowest BCUT2D eigenvalue weighted by Gasteiger charge is -2.07. The Morgan fingerprint density at radius 3 is 2.76 bits per heavy atom. The predicted octanol–water partition coefficient (Wildman–Crippen LogP) is 3.40. The molecule has 2 aromatic heterocycles. The Hall–Kier alpha value is -2.59. The molecule has 0 unspecified atom stereocenters. The molecule has 0 fully saturated rings. The number of carbonyl (C=O) groups is 1. The molecule has 0 saturated carbocycles. The molecule has 0 aliphatic rings. The number of nitrogens with one attached hydrogen (secondary N) is 1. The van der Waals surface area contributed by atoms with Crippen molar-refractivity contribution in [3.05, 3.63) is 64.6 Å². The van der Waals surface area contributed by atoms with Gasteiger partial charge in [-0.05, 0) is 58.6 Å². The van der Waals surface area contributed by atoms with Crippen LogP contribution in [0.25, 0.3) is 11.3 Å². The van der Waals surface area contributed by atoms with Crippen molar-refractivity contribution in [1.82, 2.24) is 15.3 Å². The minimum Gasteiger partial charge on any atom is -0.443 e. The van der Waals surface area contributed by atoms with E-state index < -0.39 is 21.6 Å². The summed E-state index contributed by atoms with van der Waals surface area (Å²) in [5.41, 5.74) is 1.35. The van der Waals surface area contributed by atoms with Crippen molar-refractivity contribution in [2.45, 2.75) is 17.7 Å². The topological polar surface area (TPSA) is 102 Å². The first kappa shape index (κ1) is 21.1. The first-order valence-electron chi connectivity index (χ1n) is 8.57. The lowest BCUT2D eigenvalue weighted by molar-refractivity contribution is 0.0949. The van der Waals surface area contributed by atoms with Gasteiger partial charge < -0.3 is 9.73 Å². The number of pyridine rings is 1. The molecule has 0 spiro atoms. The van der Waals surface area contributed by atoms with Crippen LogP contribution < -0.4 is 5.32 Å². The number of halogens is 2. The summed E-state index contributed by atoms with van der Waals surface area (Å²) in [4.78, 5) is 20.4. The van der Waals surface area contributed by atoms with Crippen molar-refractivity contribution < 1.29 is 22.0 Å². The van der Waals surface area contributed by atoms with Crippen LogP contribution in [0.2, 0.25) is 0 Å². The van der Waals surface area contributed by atoms with E-state index in [4.69, 9.17) is 4.42 Å². The number of aromatic nitrogens is 2. The molecule has 7 nitrogen and oxygen atoms in total. The number of hydrogen-bond acceptors (Lipinski definition) is 6. The fourth-order valence-electron chi connectivity index (χ4n) is 2.73. The molecule has 0 aliphatic heterocycles. The van der Waals surface area contributed by atoms with Gasteiger partial charge in [-0.15, -0.1) is 0 Å². The molecule has 3 aromatic rings. The SMILES string of the molecule is CS(=O)(=O)c1ccc(-c2ocnc2C(=O)NCCCc2cncc(F)c2)cc1Br. The van der Waals surface area contributed by atoms with Crippen LogP contribution in [-0.4, -0.2) is 37.1 Å². The van der Waals surface area contributed by atoms with Gasteiger partial charge in [0.1, 0.15) is 5.82 Å². The Bertz CT molecular complexity index is 1150. The fourth-order valence-corrected chi connectivity index (χ4v) is 4.72. The number of benzene rings is 1. The largest absolute Gasteiger partial charge is 0.443 e. The smallest absolute Gasteiger partial charge is 0.273 e. The monoisotopic (exact) mass is 481 g/mol. The van der Waals surface area contributed by atoms with Crippen molar-refractivity contribution in [2.75, 3.05) is 12.8 Å². The minimum absolute atomic E-state index is 0.0939. The molecule has 0 atom stereocenters. The lowest BCUT2D eigenvalue weighted by Crippen LogP contribution is -2.25. The van der Waals surface area contributed by atoms with E-state index >= 15 is 0 Å². The average molecular weight is 482 g/mol. The molecule has 3 rings (SSSR count). The Balaban J connectivity index is 1.66. The van der Waals surface area contributed by atoms with Crippen molar-refractivity contribution >= 4 is 31.7 Å². The van der Waals surface area contributed by atoms with E-state index in [-0.39, 0.29) is 16.3 Å². The Kier molecular flexibility index (Phi) is 6.43. The number of carbonyl (C=O) groups excluding carboxylic acids is 1. The normalized spacial score (nSPS) is 11.4. The van der Waals surface area contributed by atoms with E-state index in [9.17, 15) is 17.6 Å². The second kappa shape index (κ2) is 8.83. The molecule has 1 aromatic carbocycles. The van der Waals surface area contributed by atoms with Gasteiger partial charge in [-0.2, -0.15) is 0 Å². The lowest BCUT2D eigenvalue weighted by atomic mass is 10.1. The van der Waals surface area contributed by atoms with Crippen LogP contribution in [0, 0.1) is 5.82 Å². The van der Waals surface area contributed by atoms with Crippen LogP contribution in [0.1, 0.15) is 22.5 Å². The highest BCUT2D eigenvalue weighted by molar-refractivity contribution is 9.10. The number of oxazole rings is 1. The first-order valence-corrected chi connectivity index (χ1v) is 11.3. The maximum Gasteiger partial charge on any atom is 0.273 e. The highest BCUT2D eigenvalue weighted by atomic mass is 79.9. The van der Waals surface area contributed by atoms with Crippen LogP contribution in [0.4, 0.5) is 4.39 Å². The molecule has 152 valence electrons. The molecule has 10 heteroatoms. The molecule has 0 radical (unpaired) electrons. The summed E-state index contributed by atoms with van der Waals surface area (Å²) in [6.45, 7) is 0.359. The first-order chi connectivity index (χ1) is 13.8. The molecular weight excluding hydrogens is 465 g/mol. The Morgan fingerprint density at radius 2 is 2.07 bits per heavy atom. The number of nitrogens with zero attached hydrogens (tertiary/aromatic N) is 2. The van der Waals surface area contributed by atoms with Gasteiger partial charge in [0.25, 0.3) is 5.91 Å². The van der Waals surface area contributed by atoms with Gasteiger partial charge in [0.2, 0.25) is 0 Å². The molecule has 0 aliphatic carbocycles. The zero-order chi connectivity index (χ0) is 21.0. The van der Waals surface area contributed by atoms with Gasteiger partial charge in [0.05, 0.1) is 11.1 Å². The molecule has 0 saturated heterocycles. The second-order valence-electron chi connectivity index (χ2n) is 6.32. The fraction of sp³-hybridized carbons (Fsp3) is 0.211. The molecule has 2 heterocycles. The third-order valence-corrected chi connectivity index (χ3v) is 6.14. The number of sulfone groups is 1. The van der Waals surface area contributed by atoms with Gasteiger partial charge in [-0.1, -0.05) is 0 Å². The minimum atomic E-state index is -3.39. The van der Waals surface area contributed by atoms with E-state index in [1.807, 2.05) is 0 Å². The summed E-state index contributed by atoms with van der Waals surface area (Å²) in [5, 5.41) is 2.75. The summed E-state index contributed by atoms with van der Waals surface area (Å²) in [5.74, 6) is -0.584. The number of aryl methyl sites for hydroxylation is 1. The van der Waals surface area contributed by atoms with E-state index in [0.717, 1.165) is 24.4 Å². The van der Waals surface area contributed by atoms with Crippen LogP contribution in [0.15, 0.2) is 56.8 Å². The second-order valence-corrected chi connectivity index (χ2v) is 9.16. The summed E-state index contributed by atoms with van der Waals surface area (Å²) in [6.07, 6.45) is 6.15. The number of rotatable bonds is 7. The Morgan fingerprint density at radius 1 is 1.28 bits per heavy atom. The van der Waals surface area contributed by atoms with Crippen molar-refractivity contribution in [3.8, 4) is 11.3 Å². The summed E-state index contributed by atoms with van der Waals surface area (Å²) in [7, 11) is -3.39. The maximum absolute atomic E-state index is 13.1. The Labute approximate surface area is 175 Å².